The molecule has 0 N–H and O–H groups in total. The summed E-state index contributed by atoms with van der Waals surface area (Å²) in [5.41, 5.74) is 0. The Morgan fingerprint density at radius 3 is 1.23 bits per heavy atom. The molecular formula is C47H88O5. The summed E-state index contributed by atoms with van der Waals surface area (Å²) in [7, 11) is 0. The van der Waals surface area contributed by atoms with Gasteiger partial charge in [-0.15, -0.1) is 0 Å². The molecule has 0 amide bonds. The number of esters is 2. The lowest BCUT2D eigenvalue weighted by molar-refractivity contribution is -0.163. The molecule has 0 heterocycles. The molecule has 0 aromatic rings. The van der Waals surface area contributed by atoms with E-state index in [4.69, 9.17) is 14.2 Å². The average Bonchev–Trinajstić information content (AvgIpc) is 3.14. The van der Waals surface area contributed by atoms with E-state index in [-0.39, 0.29) is 25.2 Å². The fourth-order valence-corrected chi connectivity index (χ4v) is 6.48. The van der Waals surface area contributed by atoms with Crippen LogP contribution in [0.3, 0.4) is 0 Å². The second kappa shape index (κ2) is 43.8. The average molecular weight is 733 g/mol. The maximum absolute atomic E-state index is 12.7. The summed E-state index contributed by atoms with van der Waals surface area (Å²) >= 11 is 0. The predicted molar refractivity (Wildman–Crippen MR) is 224 cm³/mol. The zero-order valence-corrected chi connectivity index (χ0v) is 35.1. The molecule has 0 radical (unpaired) electrons. The maximum Gasteiger partial charge on any atom is 0.306 e. The van der Waals surface area contributed by atoms with Gasteiger partial charge in [0.05, 0.1) is 6.61 Å². The van der Waals surface area contributed by atoms with Crippen molar-refractivity contribution in [3.05, 3.63) is 24.3 Å². The molecule has 1 atom stereocenters. The summed E-state index contributed by atoms with van der Waals surface area (Å²) in [5.74, 6) is -0.405. The van der Waals surface area contributed by atoms with Gasteiger partial charge in [-0.2, -0.15) is 0 Å². The highest BCUT2D eigenvalue weighted by molar-refractivity contribution is 5.70. The fourth-order valence-electron chi connectivity index (χ4n) is 6.48. The van der Waals surface area contributed by atoms with E-state index in [2.05, 4.69) is 45.1 Å². The number of unbranched alkanes of at least 4 members (excludes halogenated alkanes) is 27. The number of allylic oxidation sites excluding steroid dienone is 4. The Labute approximate surface area is 324 Å². The first-order valence-electron chi connectivity index (χ1n) is 22.9. The second-order valence-electron chi connectivity index (χ2n) is 15.3. The van der Waals surface area contributed by atoms with Crippen molar-refractivity contribution in [1.29, 1.82) is 0 Å². The molecule has 0 spiro atoms. The highest BCUT2D eigenvalue weighted by Crippen LogP contribution is 2.14. The molecule has 5 nitrogen and oxygen atoms in total. The normalized spacial score (nSPS) is 12.3. The van der Waals surface area contributed by atoms with E-state index in [0.717, 1.165) is 51.4 Å². The Bertz CT molecular complexity index is 791. The molecule has 0 aliphatic carbocycles. The first kappa shape index (κ1) is 50.4. The van der Waals surface area contributed by atoms with Crippen LogP contribution in [0.5, 0.6) is 0 Å². The fraction of sp³-hybridized carbons (Fsp3) is 0.872. The Morgan fingerprint density at radius 2 is 0.769 bits per heavy atom. The van der Waals surface area contributed by atoms with Gasteiger partial charge >= 0.3 is 11.9 Å². The summed E-state index contributed by atoms with van der Waals surface area (Å²) < 4.78 is 17.3. The van der Waals surface area contributed by atoms with Crippen molar-refractivity contribution >= 4 is 11.9 Å². The van der Waals surface area contributed by atoms with Crippen molar-refractivity contribution in [2.75, 3.05) is 19.8 Å². The lowest BCUT2D eigenvalue weighted by Gasteiger charge is -2.18. The molecule has 5 heteroatoms. The summed E-state index contributed by atoms with van der Waals surface area (Å²) in [4.78, 5) is 25.1. The van der Waals surface area contributed by atoms with Crippen LogP contribution in [-0.2, 0) is 23.8 Å². The van der Waals surface area contributed by atoms with Crippen LogP contribution < -0.4 is 0 Å². The van der Waals surface area contributed by atoms with Gasteiger partial charge < -0.3 is 14.2 Å². The second-order valence-corrected chi connectivity index (χ2v) is 15.3. The van der Waals surface area contributed by atoms with Crippen molar-refractivity contribution in [2.24, 2.45) is 0 Å². The largest absolute Gasteiger partial charge is 0.462 e. The van der Waals surface area contributed by atoms with Crippen LogP contribution in [0.25, 0.3) is 0 Å². The van der Waals surface area contributed by atoms with Gasteiger partial charge in [0.2, 0.25) is 0 Å². The van der Waals surface area contributed by atoms with E-state index >= 15 is 0 Å². The first-order chi connectivity index (χ1) is 25.6. The van der Waals surface area contributed by atoms with E-state index < -0.39 is 6.10 Å². The zero-order chi connectivity index (χ0) is 37.8. The molecule has 0 aromatic carbocycles. The van der Waals surface area contributed by atoms with Crippen LogP contribution in [0.4, 0.5) is 0 Å². The van der Waals surface area contributed by atoms with Crippen molar-refractivity contribution in [3.8, 4) is 0 Å². The summed E-state index contributed by atoms with van der Waals surface area (Å²) in [6.45, 7) is 7.77. The minimum absolute atomic E-state index is 0.0834. The van der Waals surface area contributed by atoms with Gasteiger partial charge in [-0.1, -0.05) is 186 Å². The third-order valence-corrected chi connectivity index (χ3v) is 9.96. The van der Waals surface area contributed by atoms with Gasteiger partial charge in [0.1, 0.15) is 6.61 Å². The number of rotatable bonds is 42. The Kier molecular flexibility index (Phi) is 42.4. The van der Waals surface area contributed by atoms with Crippen LogP contribution in [-0.4, -0.2) is 37.9 Å². The van der Waals surface area contributed by atoms with Crippen LogP contribution in [0, 0.1) is 0 Å². The standard InChI is InChI=1S/C47H88O5/c1-4-7-10-13-16-19-21-22-23-24-25-27-30-33-36-39-42-50-43-45(52-47(49)41-38-35-32-28-18-15-12-9-6-3)44-51-46(48)40-37-34-31-29-26-20-17-14-11-8-5-2/h14,17,22-23,45H,4-13,15-16,18-21,24-44H2,1-3H3/b17-14-,23-22-. The molecule has 0 aromatic heterocycles. The molecule has 52 heavy (non-hydrogen) atoms. The molecule has 0 aliphatic rings. The van der Waals surface area contributed by atoms with Gasteiger partial charge in [0.25, 0.3) is 0 Å². The lowest BCUT2D eigenvalue weighted by atomic mass is 10.1. The lowest BCUT2D eigenvalue weighted by Crippen LogP contribution is -2.30. The van der Waals surface area contributed by atoms with Crippen molar-refractivity contribution < 1.29 is 23.8 Å². The van der Waals surface area contributed by atoms with Gasteiger partial charge in [0.15, 0.2) is 6.10 Å². The van der Waals surface area contributed by atoms with Gasteiger partial charge in [-0.3, -0.25) is 9.59 Å². The quantitative estimate of drug-likeness (QED) is 0.0355. The van der Waals surface area contributed by atoms with Crippen molar-refractivity contribution in [3.63, 3.8) is 0 Å². The summed E-state index contributed by atoms with van der Waals surface area (Å²) in [6, 6.07) is 0. The van der Waals surface area contributed by atoms with Gasteiger partial charge in [-0.05, 0) is 64.2 Å². The molecule has 0 fully saturated rings. The molecule has 0 aliphatic heterocycles. The molecule has 0 bridgehead atoms. The first-order valence-corrected chi connectivity index (χ1v) is 22.9. The highest BCUT2D eigenvalue weighted by atomic mass is 16.6. The summed E-state index contributed by atoms with van der Waals surface area (Å²) in [6.07, 6.45) is 48.9. The SMILES string of the molecule is CCCC/C=C\CCCCCCCC(=O)OCC(COCCCCCCCC/C=C\CCCCCCCC)OC(=O)CCCCCCCCCCC. The number of carbonyl (C=O) groups is 2. The van der Waals surface area contributed by atoms with E-state index in [1.165, 1.54) is 154 Å². The maximum atomic E-state index is 12.7. The van der Waals surface area contributed by atoms with Gasteiger partial charge in [-0.25, -0.2) is 0 Å². The van der Waals surface area contributed by atoms with E-state index in [1.54, 1.807) is 0 Å². The highest BCUT2D eigenvalue weighted by Gasteiger charge is 2.17. The van der Waals surface area contributed by atoms with Crippen LogP contribution in [0.15, 0.2) is 24.3 Å². The van der Waals surface area contributed by atoms with Crippen molar-refractivity contribution in [1.82, 2.24) is 0 Å². The van der Waals surface area contributed by atoms with Gasteiger partial charge in [0, 0.05) is 19.4 Å². The number of hydrogen-bond acceptors (Lipinski definition) is 5. The molecule has 0 saturated carbocycles. The smallest absolute Gasteiger partial charge is 0.306 e. The molecule has 306 valence electrons. The third kappa shape index (κ3) is 41.1. The minimum Gasteiger partial charge on any atom is -0.462 e. The van der Waals surface area contributed by atoms with E-state index in [0.29, 0.717) is 19.4 Å². The molecular weight excluding hydrogens is 645 g/mol. The Balaban J connectivity index is 4.19. The Morgan fingerprint density at radius 1 is 0.404 bits per heavy atom. The molecule has 0 rings (SSSR count). The van der Waals surface area contributed by atoms with Crippen LogP contribution in [0.2, 0.25) is 0 Å². The van der Waals surface area contributed by atoms with Crippen molar-refractivity contribution in [2.45, 2.75) is 245 Å². The Hall–Kier alpha value is -1.62. The van der Waals surface area contributed by atoms with E-state index in [9.17, 15) is 9.59 Å². The topological polar surface area (TPSA) is 61.8 Å². The third-order valence-electron chi connectivity index (χ3n) is 9.96. The molecule has 1 unspecified atom stereocenters. The summed E-state index contributed by atoms with van der Waals surface area (Å²) in [5, 5.41) is 0. The predicted octanol–water partition coefficient (Wildman–Crippen LogP) is 14.9. The molecule has 0 saturated heterocycles. The number of ether oxygens (including phenoxy) is 3. The number of carbonyl (C=O) groups excluding carboxylic acids is 2. The monoisotopic (exact) mass is 733 g/mol. The van der Waals surface area contributed by atoms with Crippen LogP contribution in [0.1, 0.15) is 239 Å². The van der Waals surface area contributed by atoms with E-state index in [1.807, 2.05) is 0 Å². The van der Waals surface area contributed by atoms with Crippen LogP contribution >= 0.6 is 0 Å². The zero-order valence-electron chi connectivity index (χ0n) is 35.1. The minimum atomic E-state index is -0.533. The number of hydrogen-bond donors (Lipinski definition) is 0.